The van der Waals surface area contributed by atoms with Crippen LogP contribution >= 0.6 is 0 Å². The Morgan fingerprint density at radius 3 is 2.87 bits per heavy atom. The molecular formula is C10H14N2O3. The van der Waals surface area contributed by atoms with Gasteiger partial charge in [-0.25, -0.2) is 9.78 Å². The second kappa shape index (κ2) is 5.29. The zero-order valence-corrected chi connectivity index (χ0v) is 9.06. The van der Waals surface area contributed by atoms with Crippen LogP contribution in [0.15, 0.2) is 12.4 Å². The van der Waals surface area contributed by atoms with Gasteiger partial charge in [0.1, 0.15) is 0 Å². The molecule has 0 fully saturated rings. The Hall–Kier alpha value is -1.65. The quantitative estimate of drug-likeness (QED) is 0.704. The van der Waals surface area contributed by atoms with Crippen molar-refractivity contribution in [2.45, 2.75) is 26.4 Å². The van der Waals surface area contributed by atoms with E-state index in [1.54, 1.807) is 0 Å². The highest BCUT2D eigenvalue weighted by molar-refractivity contribution is 5.86. The molecule has 1 aromatic heterocycles. The Balaban J connectivity index is 2.78. The number of carbonyl (C=O) groups excluding carboxylic acids is 1. The van der Waals surface area contributed by atoms with Crippen LogP contribution in [0, 0.1) is 0 Å². The molecule has 0 radical (unpaired) electrons. The van der Waals surface area contributed by atoms with E-state index in [2.05, 4.69) is 14.7 Å². The number of ether oxygens (including phenoxy) is 2. The Labute approximate surface area is 88.4 Å². The normalized spacial score (nSPS) is 11.9. The maximum atomic E-state index is 11.1. The molecule has 0 N–H and O–H groups in total. The molecule has 1 rings (SSSR count). The molecule has 0 aliphatic carbocycles. The number of carbonyl (C=O) groups is 1. The van der Waals surface area contributed by atoms with Gasteiger partial charge in [-0.05, 0) is 13.3 Å². The van der Waals surface area contributed by atoms with Gasteiger partial charge < -0.3 is 9.47 Å². The van der Waals surface area contributed by atoms with Crippen molar-refractivity contribution in [2.75, 3.05) is 7.11 Å². The molecule has 1 aromatic rings. The SMILES string of the molecule is CCC(C)Oc1cncc(C(=O)OC)n1. The van der Waals surface area contributed by atoms with Crippen molar-refractivity contribution in [3.8, 4) is 5.88 Å². The van der Waals surface area contributed by atoms with E-state index in [-0.39, 0.29) is 11.8 Å². The van der Waals surface area contributed by atoms with Gasteiger partial charge in [-0.2, -0.15) is 0 Å². The van der Waals surface area contributed by atoms with Gasteiger partial charge in [0.05, 0.1) is 25.6 Å². The number of aromatic nitrogens is 2. The van der Waals surface area contributed by atoms with Crippen molar-refractivity contribution >= 4 is 5.97 Å². The van der Waals surface area contributed by atoms with Crippen LogP contribution in [-0.2, 0) is 4.74 Å². The van der Waals surface area contributed by atoms with Crippen LogP contribution < -0.4 is 4.74 Å². The monoisotopic (exact) mass is 210 g/mol. The van der Waals surface area contributed by atoms with Crippen LogP contribution in [0.5, 0.6) is 5.88 Å². The van der Waals surface area contributed by atoms with Crippen LogP contribution in [0.25, 0.3) is 0 Å². The second-order valence-corrected chi connectivity index (χ2v) is 3.07. The zero-order valence-electron chi connectivity index (χ0n) is 9.06. The highest BCUT2D eigenvalue weighted by atomic mass is 16.5. The Morgan fingerprint density at radius 2 is 2.27 bits per heavy atom. The third kappa shape index (κ3) is 3.19. The highest BCUT2D eigenvalue weighted by Gasteiger charge is 2.10. The van der Waals surface area contributed by atoms with Crippen molar-refractivity contribution in [2.24, 2.45) is 0 Å². The van der Waals surface area contributed by atoms with E-state index >= 15 is 0 Å². The second-order valence-electron chi connectivity index (χ2n) is 3.07. The number of hydrogen-bond donors (Lipinski definition) is 0. The van der Waals surface area contributed by atoms with E-state index < -0.39 is 5.97 Å². The molecule has 1 unspecified atom stereocenters. The Morgan fingerprint density at radius 1 is 1.53 bits per heavy atom. The average molecular weight is 210 g/mol. The lowest BCUT2D eigenvalue weighted by Gasteiger charge is -2.11. The topological polar surface area (TPSA) is 61.3 Å². The predicted molar refractivity (Wildman–Crippen MR) is 53.8 cm³/mol. The maximum absolute atomic E-state index is 11.1. The molecule has 0 saturated carbocycles. The van der Waals surface area contributed by atoms with E-state index in [1.165, 1.54) is 19.5 Å². The number of esters is 1. The first-order valence-electron chi connectivity index (χ1n) is 4.74. The molecule has 0 amide bonds. The molecule has 1 atom stereocenters. The van der Waals surface area contributed by atoms with Crippen LogP contribution in [0.4, 0.5) is 0 Å². The smallest absolute Gasteiger partial charge is 0.358 e. The minimum absolute atomic E-state index is 0.0483. The van der Waals surface area contributed by atoms with Crippen molar-refractivity contribution in [1.82, 2.24) is 9.97 Å². The minimum atomic E-state index is -0.517. The molecule has 0 aliphatic heterocycles. The Kier molecular flexibility index (Phi) is 4.03. The Bertz CT molecular complexity index is 341. The largest absolute Gasteiger partial charge is 0.474 e. The fourth-order valence-electron chi connectivity index (χ4n) is 0.897. The minimum Gasteiger partial charge on any atom is -0.474 e. The summed E-state index contributed by atoms with van der Waals surface area (Å²) in [4.78, 5) is 19.0. The van der Waals surface area contributed by atoms with Crippen molar-refractivity contribution in [1.29, 1.82) is 0 Å². The van der Waals surface area contributed by atoms with E-state index in [4.69, 9.17) is 4.74 Å². The third-order valence-electron chi connectivity index (χ3n) is 1.90. The highest BCUT2D eigenvalue weighted by Crippen LogP contribution is 2.09. The number of methoxy groups -OCH3 is 1. The average Bonchev–Trinajstić information content (AvgIpc) is 2.28. The molecular weight excluding hydrogens is 196 g/mol. The summed E-state index contributed by atoms with van der Waals surface area (Å²) < 4.78 is 9.94. The summed E-state index contributed by atoms with van der Waals surface area (Å²) in [7, 11) is 1.30. The van der Waals surface area contributed by atoms with Gasteiger partial charge in [0, 0.05) is 0 Å². The standard InChI is InChI=1S/C10H14N2O3/c1-4-7(2)15-9-6-11-5-8(12-9)10(13)14-3/h5-7H,4H2,1-3H3. The van der Waals surface area contributed by atoms with Crippen LogP contribution in [0.1, 0.15) is 30.8 Å². The summed E-state index contributed by atoms with van der Waals surface area (Å²) in [6, 6.07) is 0. The van der Waals surface area contributed by atoms with Crippen LogP contribution in [0.2, 0.25) is 0 Å². The van der Waals surface area contributed by atoms with Gasteiger partial charge in [-0.1, -0.05) is 6.92 Å². The van der Waals surface area contributed by atoms with E-state index in [1.807, 2.05) is 13.8 Å². The molecule has 5 heteroatoms. The summed E-state index contributed by atoms with van der Waals surface area (Å²) >= 11 is 0. The van der Waals surface area contributed by atoms with Gasteiger partial charge >= 0.3 is 5.97 Å². The number of hydrogen-bond acceptors (Lipinski definition) is 5. The van der Waals surface area contributed by atoms with Crippen molar-refractivity contribution in [3.63, 3.8) is 0 Å². The molecule has 82 valence electrons. The lowest BCUT2D eigenvalue weighted by molar-refractivity contribution is 0.0591. The first-order chi connectivity index (χ1) is 7.17. The first kappa shape index (κ1) is 11.4. The lowest BCUT2D eigenvalue weighted by atomic mass is 10.3. The zero-order chi connectivity index (χ0) is 11.3. The van der Waals surface area contributed by atoms with Gasteiger partial charge in [0.25, 0.3) is 0 Å². The molecule has 0 aromatic carbocycles. The molecule has 0 saturated heterocycles. The first-order valence-corrected chi connectivity index (χ1v) is 4.74. The fraction of sp³-hybridized carbons (Fsp3) is 0.500. The summed E-state index contributed by atoms with van der Waals surface area (Å²) in [5, 5.41) is 0. The third-order valence-corrected chi connectivity index (χ3v) is 1.90. The molecule has 0 spiro atoms. The van der Waals surface area contributed by atoms with E-state index in [9.17, 15) is 4.79 Å². The predicted octanol–water partition coefficient (Wildman–Crippen LogP) is 1.44. The number of nitrogens with zero attached hydrogens (tertiary/aromatic N) is 2. The molecule has 15 heavy (non-hydrogen) atoms. The van der Waals surface area contributed by atoms with Gasteiger partial charge in [-0.3, -0.25) is 4.98 Å². The van der Waals surface area contributed by atoms with Gasteiger partial charge in [0.15, 0.2) is 5.69 Å². The van der Waals surface area contributed by atoms with Crippen LogP contribution in [0.3, 0.4) is 0 Å². The van der Waals surface area contributed by atoms with Crippen LogP contribution in [-0.4, -0.2) is 29.2 Å². The molecule has 5 nitrogen and oxygen atoms in total. The summed E-state index contributed by atoms with van der Waals surface area (Å²) in [6.45, 7) is 3.93. The lowest BCUT2D eigenvalue weighted by Crippen LogP contribution is -2.13. The maximum Gasteiger partial charge on any atom is 0.358 e. The number of rotatable bonds is 4. The molecule has 0 bridgehead atoms. The van der Waals surface area contributed by atoms with E-state index in [0.29, 0.717) is 5.88 Å². The molecule has 1 heterocycles. The fourth-order valence-corrected chi connectivity index (χ4v) is 0.897. The summed E-state index contributed by atoms with van der Waals surface area (Å²) in [6.07, 6.45) is 3.73. The van der Waals surface area contributed by atoms with E-state index in [0.717, 1.165) is 6.42 Å². The molecule has 0 aliphatic rings. The van der Waals surface area contributed by atoms with Crippen molar-refractivity contribution in [3.05, 3.63) is 18.1 Å². The van der Waals surface area contributed by atoms with Gasteiger partial charge in [-0.15, -0.1) is 0 Å². The summed E-state index contributed by atoms with van der Waals surface area (Å²) in [5.41, 5.74) is 0.151. The summed E-state index contributed by atoms with van der Waals surface area (Å²) in [5.74, 6) is -0.177. The van der Waals surface area contributed by atoms with Crippen molar-refractivity contribution < 1.29 is 14.3 Å². The van der Waals surface area contributed by atoms with Gasteiger partial charge in [0.2, 0.25) is 5.88 Å².